The lowest BCUT2D eigenvalue weighted by Gasteiger charge is -2.36. The zero-order valence-electron chi connectivity index (χ0n) is 13.8. The lowest BCUT2D eigenvalue weighted by molar-refractivity contribution is 0.222. The van der Waals surface area contributed by atoms with E-state index in [9.17, 15) is 0 Å². The predicted octanol–water partition coefficient (Wildman–Crippen LogP) is 2.22. The summed E-state index contributed by atoms with van der Waals surface area (Å²) in [7, 11) is 0. The van der Waals surface area contributed by atoms with Crippen molar-refractivity contribution in [3.63, 3.8) is 0 Å². The van der Waals surface area contributed by atoms with E-state index in [0.29, 0.717) is 0 Å². The molecule has 0 spiro atoms. The Hall–Kier alpha value is -1.69. The van der Waals surface area contributed by atoms with Crippen molar-refractivity contribution in [2.75, 3.05) is 37.6 Å². The van der Waals surface area contributed by atoms with E-state index >= 15 is 0 Å². The molecule has 0 unspecified atom stereocenters. The topological polar surface area (TPSA) is 49.6 Å². The van der Waals surface area contributed by atoms with E-state index < -0.39 is 0 Å². The van der Waals surface area contributed by atoms with Crippen molar-refractivity contribution in [2.24, 2.45) is 5.92 Å². The fraction of sp³-hybridized carbons (Fsp3) is 0.706. The van der Waals surface area contributed by atoms with Gasteiger partial charge in [0.15, 0.2) is 5.82 Å². The Morgan fingerprint density at radius 3 is 2.78 bits per heavy atom. The molecule has 0 aliphatic carbocycles. The van der Waals surface area contributed by atoms with Gasteiger partial charge in [-0.25, -0.2) is 4.98 Å². The van der Waals surface area contributed by atoms with Crippen LogP contribution in [0.5, 0.6) is 0 Å². The Kier molecular flexibility index (Phi) is 4.41. The maximum absolute atomic E-state index is 4.59. The lowest BCUT2D eigenvalue weighted by atomic mass is 9.97. The number of rotatable bonds is 3. The van der Waals surface area contributed by atoms with Gasteiger partial charge in [-0.1, -0.05) is 12.8 Å². The molecule has 0 radical (unpaired) electrons. The minimum absolute atomic E-state index is 0.742. The molecular weight excluding hydrogens is 288 g/mol. The largest absolute Gasteiger partial charge is 0.353 e. The summed E-state index contributed by atoms with van der Waals surface area (Å²) in [5.74, 6) is 1.73. The van der Waals surface area contributed by atoms with Crippen molar-refractivity contribution in [3.8, 4) is 0 Å². The molecule has 23 heavy (non-hydrogen) atoms. The van der Waals surface area contributed by atoms with E-state index in [1.807, 2.05) is 16.8 Å². The molecule has 2 saturated heterocycles. The quantitative estimate of drug-likeness (QED) is 0.869. The minimum Gasteiger partial charge on any atom is -0.353 e. The van der Waals surface area contributed by atoms with Crippen molar-refractivity contribution in [2.45, 2.75) is 38.5 Å². The molecule has 2 fully saturated rings. The van der Waals surface area contributed by atoms with Crippen LogP contribution in [-0.4, -0.2) is 57.2 Å². The molecule has 2 aliphatic heterocycles. The molecular formula is C17H26N6. The van der Waals surface area contributed by atoms with Gasteiger partial charge in [0.2, 0.25) is 5.65 Å². The molecule has 0 aromatic carbocycles. The molecule has 124 valence electrons. The average molecular weight is 314 g/mol. The average Bonchev–Trinajstić information content (AvgIpc) is 2.92. The Morgan fingerprint density at radius 1 is 1.04 bits per heavy atom. The van der Waals surface area contributed by atoms with Crippen LogP contribution in [0.15, 0.2) is 18.7 Å². The molecule has 0 amide bonds. The normalized spacial score (nSPS) is 24.0. The van der Waals surface area contributed by atoms with Gasteiger partial charge in [-0.15, -0.1) is 10.2 Å². The van der Waals surface area contributed by atoms with E-state index in [1.54, 1.807) is 6.33 Å². The Labute approximate surface area is 137 Å². The third-order valence-electron chi connectivity index (χ3n) is 5.23. The highest BCUT2D eigenvalue weighted by Crippen LogP contribution is 2.25. The van der Waals surface area contributed by atoms with Gasteiger partial charge in [0.25, 0.3) is 0 Å². The van der Waals surface area contributed by atoms with Crippen LogP contribution < -0.4 is 4.90 Å². The van der Waals surface area contributed by atoms with E-state index in [0.717, 1.165) is 30.5 Å². The van der Waals surface area contributed by atoms with Crippen molar-refractivity contribution in [3.05, 3.63) is 18.7 Å². The molecule has 6 heteroatoms. The number of hydrogen-bond donors (Lipinski definition) is 0. The summed E-state index contributed by atoms with van der Waals surface area (Å²) in [6, 6.07) is 0. The smallest absolute Gasteiger partial charge is 0.203 e. The van der Waals surface area contributed by atoms with Gasteiger partial charge in [0, 0.05) is 32.0 Å². The summed E-state index contributed by atoms with van der Waals surface area (Å²) in [5, 5.41) is 8.26. The highest BCUT2D eigenvalue weighted by molar-refractivity contribution is 5.63. The molecule has 0 bridgehead atoms. The summed E-state index contributed by atoms with van der Waals surface area (Å²) < 4.78 is 1.96. The number of fused-ring (bicyclic) bond motifs is 1. The second kappa shape index (κ2) is 6.83. The zero-order valence-corrected chi connectivity index (χ0v) is 13.8. The first-order chi connectivity index (χ1) is 11.4. The number of nitrogens with zero attached hydrogens (tertiary/aromatic N) is 6. The van der Waals surface area contributed by atoms with E-state index in [4.69, 9.17) is 0 Å². The third-order valence-corrected chi connectivity index (χ3v) is 5.23. The second-order valence-electron chi connectivity index (χ2n) is 6.98. The van der Waals surface area contributed by atoms with Crippen molar-refractivity contribution in [1.82, 2.24) is 24.5 Å². The summed E-state index contributed by atoms with van der Waals surface area (Å²) in [6.45, 7) is 5.99. The molecule has 2 aliphatic rings. The van der Waals surface area contributed by atoms with Crippen LogP contribution in [-0.2, 0) is 0 Å². The highest BCUT2D eigenvalue weighted by Gasteiger charge is 2.25. The van der Waals surface area contributed by atoms with Crippen LogP contribution in [0.2, 0.25) is 0 Å². The SMILES string of the molecule is c1cn2cnnc2c(N2CCC[C@H](CN3CCCCCC3)C2)n1. The summed E-state index contributed by atoms with van der Waals surface area (Å²) in [4.78, 5) is 9.69. The van der Waals surface area contributed by atoms with Gasteiger partial charge in [-0.2, -0.15) is 0 Å². The van der Waals surface area contributed by atoms with Gasteiger partial charge in [0.05, 0.1) is 0 Å². The number of likely N-dealkylation sites (tertiary alicyclic amines) is 1. The van der Waals surface area contributed by atoms with Gasteiger partial charge in [-0.3, -0.25) is 4.40 Å². The van der Waals surface area contributed by atoms with Crippen LogP contribution in [0.1, 0.15) is 38.5 Å². The molecule has 2 aromatic heterocycles. The molecule has 4 rings (SSSR count). The van der Waals surface area contributed by atoms with Crippen LogP contribution in [0, 0.1) is 5.92 Å². The van der Waals surface area contributed by atoms with Gasteiger partial charge in [-0.05, 0) is 44.7 Å². The predicted molar refractivity (Wildman–Crippen MR) is 90.6 cm³/mol. The van der Waals surface area contributed by atoms with Gasteiger partial charge < -0.3 is 9.80 Å². The molecule has 6 nitrogen and oxygen atoms in total. The number of hydrogen-bond acceptors (Lipinski definition) is 5. The highest BCUT2D eigenvalue weighted by atomic mass is 15.3. The monoisotopic (exact) mass is 314 g/mol. The van der Waals surface area contributed by atoms with E-state index in [1.165, 1.54) is 58.2 Å². The fourth-order valence-electron chi connectivity index (χ4n) is 4.06. The first-order valence-corrected chi connectivity index (χ1v) is 9.02. The maximum Gasteiger partial charge on any atom is 0.203 e. The zero-order chi connectivity index (χ0) is 15.5. The molecule has 0 saturated carbocycles. The minimum atomic E-state index is 0.742. The molecule has 4 heterocycles. The lowest BCUT2D eigenvalue weighted by Crippen LogP contribution is -2.41. The van der Waals surface area contributed by atoms with Gasteiger partial charge >= 0.3 is 0 Å². The van der Waals surface area contributed by atoms with Crippen molar-refractivity contribution >= 4 is 11.5 Å². The van der Waals surface area contributed by atoms with Crippen LogP contribution in [0.3, 0.4) is 0 Å². The van der Waals surface area contributed by atoms with Crippen LogP contribution in [0.25, 0.3) is 5.65 Å². The molecule has 2 aromatic rings. The third kappa shape index (κ3) is 3.32. The Balaban J connectivity index is 1.45. The first kappa shape index (κ1) is 14.9. The summed E-state index contributed by atoms with van der Waals surface area (Å²) in [5.41, 5.74) is 0.878. The molecule has 0 N–H and O–H groups in total. The van der Waals surface area contributed by atoms with E-state index in [-0.39, 0.29) is 0 Å². The van der Waals surface area contributed by atoms with Gasteiger partial charge in [0.1, 0.15) is 6.33 Å². The fourth-order valence-corrected chi connectivity index (χ4v) is 4.06. The van der Waals surface area contributed by atoms with Crippen molar-refractivity contribution < 1.29 is 0 Å². The van der Waals surface area contributed by atoms with Crippen LogP contribution in [0.4, 0.5) is 5.82 Å². The maximum atomic E-state index is 4.59. The number of aromatic nitrogens is 4. The summed E-state index contributed by atoms with van der Waals surface area (Å²) >= 11 is 0. The number of piperidine rings is 1. The second-order valence-corrected chi connectivity index (χ2v) is 6.98. The van der Waals surface area contributed by atoms with E-state index in [2.05, 4.69) is 25.0 Å². The van der Waals surface area contributed by atoms with Crippen molar-refractivity contribution in [1.29, 1.82) is 0 Å². The Morgan fingerprint density at radius 2 is 1.91 bits per heavy atom. The number of anilines is 1. The summed E-state index contributed by atoms with van der Waals surface area (Å²) in [6.07, 6.45) is 13.7. The first-order valence-electron chi connectivity index (χ1n) is 9.02. The molecule has 1 atom stereocenters. The van der Waals surface area contributed by atoms with Crippen LogP contribution >= 0.6 is 0 Å². The Bertz CT molecular complexity index is 631. The standard InChI is InChI=1S/C17H26N6/c1-2-4-9-21(8-3-1)12-15-6-5-10-22(13-15)16-17-20-19-14-23(17)11-7-18-16/h7,11,14-15H,1-6,8-10,12-13H2/t15-/m1/s1.